The van der Waals surface area contributed by atoms with Gasteiger partial charge in [-0.1, -0.05) is 12.1 Å². The number of carbonyl (C=O) groups excluding carboxylic acids is 1. The number of phenols is 1. The Bertz CT molecular complexity index is 545. The second kappa shape index (κ2) is 7.32. The van der Waals surface area contributed by atoms with Gasteiger partial charge in [0.15, 0.2) is 0 Å². The van der Waals surface area contributed by atoms with E-state index < -0.39 is 6.10 Å². The maximum atomic E-state index is 11.7. The minimum atomic E-state index is -0.520. The van der Waals surface area contributed by atoms with E-state index in [9.17, 15) is 15.0 Å². The Hall–Kier alpha value is -1.59. The molecule has 3 rings (SSSR count). The SMILES string of the molecule is O=C1CCCN1CC(O)CN(Cc1cccc(O)c1)CC1CC1. The lowest BCUT2D eigenvalue weighted by atomic mass is 10.1. The lowest BCUT2D eigenvalue weighted by molar-refractivity contribution is -0.129. The quantitative estimate of drug-likeness (QED) is 0.764. The molecule has 1 saturated carbocycles. The number of carbonyl (C=O) groups is 1. The van der Waals surface area contributed by atoms with Crippen LogP contribution in [0.2, 0.25) is 0 Å². The van der Waals surface area contributed by atoms with Gasteiger partial charge in [0, 0.05) is 39.1 Å². The molecular weight excluding hydrogens is 292 g/mol. The van der Waals surface area contributed by atoms with E-state index in [-0.39, 0.29) is 11.7 Å². The van der Waals surface area contributed by atoms with E-state index in [1.807, 2.05) is 12.1 Å². The van der Waals surface area contributed by atoms with Crippen molar-refractivity contribution in [2.24, 2.45) is 5.92 Å². The third-order valence-corrected chi connectivity index (χ3v) is 4.60. The van der Waals surface area contributed by atoms with Crippen molar-refractivity contribution < 1.29 is 15.0 Å². The Balaban J connectivity index is 1.56. The van der Waals surface area contributed by atoms with Crippen LogP contribution in [0.15, 0.2) is 24.3 Å². The molecule has 1 aliphatic carbocycles. The zero-order chi connectivity index (χ0) is 16.2. The molecule has 0 spiro atoms. The zero-order valence-corrected chi connectivity index (χ0v) is 13.5. The van der Waals surface area contributed by atoms with E-state index in [1.54, 1.807) is 17.0 Å². The predicted octanol–water partition coefficient (Wildman–Crippen LogP) is 1.59. The number of nitrogens with zero attached hydrogens (tertiary/aromatic N) is 2. The first-order valence-corrected chi connectivity index (χ1v) is 8.56. The Labute approximate surface area is 137 Å². The molecule has 2 fully saturated rings. The highest BCUT2D eigenvalue weighted by Crippen LogP contribution is 2.30. The summed E-state index contributed by atoms with van der Waals surface area (Å²) in [4.78, 5) is 15.7. The van der Waals surface area contributed by atoms with E-state index in [1.165, 1.54) is 12.8 Å². The number of aliphatic hydroxyl groups is 1. The molecule has 1 saturated heterocycles. The number of phenolic OH excluding ortho intramolecular Hbond substituents is 1. The first kappa shape index (κ1) is 16.3. The number of amides is 1. The zero-order valence-electron chi connectivity index (χ0n) is 13.5. The predicted molar refractivity (Wildman–Crippen MR) is 87.9 cm³/mol. The van der Waals surface area contributed by atoms with Gasteiger partial charge < -0.3 is 15.1 Å². The van der Waals surface area contributed by atoms with Crippen molar-refractivity contribution in [3.63, 3.8) is 0 Å². The molecule has 126 valence electrons. The molecule has 23 heavy (non-hydrogen) atoms. The van der Waals surface area contributed by atoms with E-state index in [2.05, 4.69) is 4.90 Å². The molecular formula is C18H26N2O3. The normalized spacial score (nSPS) is 19.6. The van der Waals surface area contributed by atoms with Crippen molar-refractivity contribution >= 4 is 5.91 Å². The molecule has 1 atom stereocenters. The second-order valence-electron chi connectivity index (χ2n) is 6.90. The number of hydrogen-bond acceptors (Lipinski definition) is 4. The van der Waals surface area contributed by atoms with Gasteiger partial charge >= 0.3 is 0 Å². The Kier molecular flexibility index (Phi) is 5.18. The fraction of sp³-hybridized carbons (Fsp3) is 0.611. The van der Waals surface area contributed by atoms with Gasteiger partial charge in [-0.25, -0.2) is 0 Å². The van der Waals surface area contributed by atoms with Gasteiger partial charge in [-0.15, -0.1) is 0 Å². The summed E-state index contributed by atoms with van der Waals surface area (Å²) in [5.74, 6) is 1.16. The van der Waals surface area contributed by atoms with E-state index in [0.717, 1.165) is 37.5 Å². The molecule has 1 aliphatic heterocycles. The van der Waals surface area contributed by atoms with Crippen LogP contribution in [0, 0.1) is 5.92 Å². The Morgan fingerprint density at radius 3 is 2.83 bits per heavy atom. The number of benzene rings is 1. The number of rotatable bonds is 8. The molecule has 5 nitrogen and oxygen atoms in total. The van der Waals surface area contributed by atoms with Crippen molar-refractivity contribution in [2.75, 3.05) is 26.2 Å². The van der Waals surface area contributed by atoms with Gasteiger partial charge in [-0.2, -0.15) is 0 Å². The van der Waals surface area contributed by atoms with Gasteiger partial charge in [-0.05, 0) is 42.9 Å². The first-order chi connectivity index (χ1) is 11.1. The number of aromatic hydroxyl groups is 1. The average Bonchev–Trinajstić information content (AvgIpc) is 3.21. The van der Waals surface area contributed by atoms with Crippen LogP contribution in [0.25, 0.3) is 0 Å². The summed E-state index contributed by atoms with van der Waals surface area (Å²) in [7, 11) is 0. The highest BCUT2D eigenvalue weighted by atomic mass is 16.3. The van der Waals surface area contributed by atoms with Crippen LogP contribution < -0.4 is 0 Å². The smallest absolute Gasteiger partial charge is 0.222 e. The third-order valence-electron chi connectivity index (χ3n) is 4.60. The van der Waals surface area contributed by atoms with E-state index >= 15 is 0 Å². The molecule has 1 aromatic rings. The molecule has 0 aromatic heterocycles. The Morgan fingerprint density at radius 2 is 2.17 bits per heavy atom. The molecule has 2 N–H and O–H groups in total. The summed E-state index contributed by atoms with van der Waals surface area (Å²) >= 11 is 0. The first-order valence-electron chi connectivity index (χ1n) is 8.56. The summed E-state index contributed by atoms with van der Waals surface area (Å²) in [6, 6.07) is 7.29. The fourth-order valence-electron chi connectivity index (χ4n) is 3.29. The minimum absolute atomic E-state index is 0.158. The molecule has 1 amide bonds. The molecule has 1 unspecified atom stereocenters. The molecule has 2 aliphatic rings. The number of likely N-dealkylation sites (tertiary alicyclic amines) is 1. The van der Waals surface area contributed by atoms with Crippen LogP contribution in [0.5, 0.6) is 5.75 Å². The van der Waals surface area contributed by atoms with Gasteiger partial charge in [0.05, 0.1) is 6.10 Å². The Morgan fingerprint density at radius 1 is 1.35 bits per heavy atom. The minimum Gasteiger partial charge on any atom is -0.508 e. The van der Waals surface area contributed by atoms with E-state index in [4.69, 9.17) is 0 Å². The van der Waals surface area contributed by atoms with Crippen LogP contribution in [0.1, 0.15) is 31.2 Å². The van der Waals surface area contributed by atoms with Crippen molar-refractivity contribution in [1.29, 1.82) is 0 Å². The molecule has 5 heteroatoms. The summed E-state index contributed by atoms with van der Waals surface area (Å²) < 4.78 is 0. The van der Waals surface area contributed by atoms with Gasteiger partial charge in [0.2, 0.25) is 5.91 Å². The van der Waals surface area contributed by atoms with Gasteiger partial charge in [0.25, 0.3) is 0 Å². The monoisotopic (exact) mass is 318 g/mol. The van der Waals surface area contributed by atoms with Crippen LogP contribution >= 0.6 is 0 Å². The van der Waals surface area contributed by atoms with Crippen LogP contribution in [-0.2, 0) is 11.3 Å². The molecule has 0 radical (unpaired) electrons. The van der Waals surface area contributed by atoms with Crippen molar-refractivity contribution in [1.82, 2.24) is 9.80 Å². The van der Waals surface area contributed by atoms with Crippen LogP contribution in [-0.4, -0.2) is 58.2 Å². The van der Waals surface area contributed by atoms with Crippen molar-refractivity contribution in [3.8, 4) is 5.75 Å². The van der Waals surface area contributed by atoms with Gasteiger partial charge in [0.1, 0.15) is 5.75 Å². The van der Waals surface area contributed by atoms with Crippen LogP contribution in [0.3, 0.4) is 0 Å². The topological polar surface area (TPSA) is 64.0 Å². The molecule has 1 heterocycles. The maximum Gasteiger partial charge on any atom is 0.222 e. The maximum absolute atomic E-state index is 11.7. The summed E-state index contributed by atoms with van der Waals surface area (Å²) in [5.41, 5.74) is 1.05. The number of aliphatic hydroxyl groups excluding tert-OH is 1. The van der Waals surface area contributed by atoms with Crippen molar-refractivity contribution in [2.45, 2.75) is 38.3 Å². The number of hydrogen-bond donors (Lipinski definition) is 2. The molecule has 0 bridgehead atoms. The van der Waals surface area contributed by atoms with Crippen LogP contribution in [0.4, 0.5) is 0 Å². The van der Waals surface area contributed by atoms with E-state index in [0.29, 0.717) is 19.5 Å². The summed E-state index contributed by atoms with van der Waals surface area (Å²) in [6.45, 7) is 3.46. The van der Waals surface area contributed by atoms with Crippen molar-refractivity contribution in [3.05, 3.63) is 29.8 Å². The van der Waals surface area contributed by atoms with Gasteiger partial charge in [-0.3, -0.25) is 9.69 Å². The average molecular weight is 318 g/mol. The summed E-state index contributed by atoms with van der Waals surface area (Å²) in [5, 5.41) is 20.0. The lowest BCUT2D eigenvalue weighted by Gasteiger charge is -2.27. The second-order valence-corrected chi connectivity index (χ2v) is 6.90. The summed E-state index contributed by atoms with van der Waals surface area (Å²) in [6.07, 6.45) is 3.52. The third kappa shape index (κ3) is 4.94. The molecule has 1 aromatic carbocycles. The largest absolute Gasteiger partial charge is 0.508 e. The standard InChI is InChI=1S/C18H26N2O3/c21-16-4-1-3-15(9-16)11-19(10-14-6-7-14)12-17(22)13-20-8-2-5-18(20)23/h1,3-4,9,14,17,21-22H,2,5-8,10-13H2. The lowest BCUT2D eigenvalue weighted by Crippen LogP contribution is -2.41. The highest BCUT2D eigenvalue weighted by molar-refractivity contribution is 5.78. The number of β-amino-alcohol motifs (C(OH)–C–C–N with tert-alkyl or cyclic N) is 1. The highest BCUT2D eigenvalue weighted by Gasteiger charge is 2.27. The fourth-order valence-corrected chi connectivity index (χ4v) is 3.29.